The Morgan fingerprint density at radius 3 is 2.53 bits per heavy atom. The maximum Gasteiger partial charge on any atom is 0.243 e. The number of pyridine rings is 1. The van der Waals surface area contributed by atoms with E-state index in [1.165, 1.54) is 13.0 Å². The van der Waals surface area contributed by atoms with Crippen LogP contribution in [0, 0.1) is 5.92 Å². The van der Waals surface area contributed by atoms with Crippen LogP contribution in [0.4, 0.5) is 11.5 Å². The number of rotatable bonds is 6. The minimum atomic E-state index is -3.95. The van der Waals surface area contributed by atoms with Crippen LogP contribution in [0.2, 0.25) is 0 Å². The lowest BCUT2D eigenvalue weighted by Crippen LogP contribution is -2.47. The summed E-state index contributed by atoms with van der Waals surface area (Å²) in [5.74, 6) is -0.500. The molecule has 3 rings (SSSR count). The van der Waals surface area contributed by atoms with Crippen molar-refractivity contribution in [3.05, 3.63) is 48.2 Å². The number of nitrogens with one attached hydrogen (secondary N) is 2. The Labute approximate surface area is 176 Å². The molecule has 2 atom stereocenters. The van der Waals surface area contributed by atoms with Crippen LogP contribution in [0.25, 0.3) is 0 Å². The van der Waals surface area contributed by atoms with Gasteiger partial charge in [-0.25, -0.2) is 13.4 Å². The summed E-state index contributed by atoms with van der Waals surface area (Å²) in [7, 11) is -3.95. The second-order valence-electron chi connectivity index (χ2n) is 7.78. The average molecular weight is 431 g/mol. The zero-order chi connectivity index (χ0) is 22.1. The van der Waals surface area contributed by atoms with Gasteiger partial charge in [-0.2, -0.15) is 4.72 Å². The molecule has 0 bridgehead atoms. The first-order valence-corrected chi connectivity index (χ1v) is 11.3. The van der Waals surface area contributed by atoms with Crippen LogP contribution in [0.3, 0.4) is 0 Å². The minimum Gasteiger partial charge on any atom is -0.309 e. The Morgan fingerprint density at radius 1 is 1.20 bits per heavy atom. The van der Waals surface area contributed by atoms with E-state index in [-0.39, 0.29) is 22.8 Å². The van der Waals surface area contributed by atoms with Crippen molar-refractivity contribution >= 4 is 33.3 Å². The Balaban J connectivity index is 1.83. The standard InChI is InChI=1S/C21H26N4O4S/c1-13(2)20(21(27)23-19-7-5-6-10-22-19)24-30(28,29)17-8-9-18-16(12-17)11-14(3)25(18)15(4)26/h5-10,12-14,20,24H,11H2,1-4H3,(H,22,23,27)/t14-,20+/m1/s1. The average Bonchev–Trinajstić information content (AvgIpc) is 3.01. The topological polar surface area (TPSA) is 108 Å². The van der Waals surface area contributed by atoms with Gasteiger partial charge in [0.05, 0.1) is 4.90 Å². The van der Waals surface area contributed by atoms with E-state index in [0.717, 1.165) is 11.3 Å². The minimum absolute atomic E-state index is 0.0315. The number of hydrogen-bond donors (Lipinski definition) is 2. The fraction of sp³-hybridized carbons (Fsp3) is 0.381. The van der Waals surface area contributed by atoms with Gasteiger partial charge in [-0.1, -0.05) is 19.9 Å². The van der Waals surface area contributed by atoms with Crippen molar-refractivity contribution in [2.75, 3.05) is 10.2 Å². The second kappa shape index (κ2) is 8.53. The van der Waals surface area contributed by atoms with Crippen LogP contribution in [0.1, 0.15) is 33.3 Å². The molecule has 1 aliphatic heterocycles. The molecule has 1 aliphatic rings. The third-order valence-electron chi connectivity index (χ3n) is 5.06. The van der Waals surface area contributed by atoms with E-state index < -0.39 is 22.0 Å². The predicted molar refractivity (Wildman–Crippen MR) is 115 cm³/mol. The number of carbonyl (C=O) groups excluding carboxylic acids is 2. The van der Waals surface area contributed by atoms with Gasteiger partial charge in [0.2, 0.25) is 21.8 Å². The van der Waals surface area contributed by atoms with Crippen LogP contribution in [-0.2, 0) is 26.0 Å². The molecule has 0 unspecified atom stereocenters. The second-order valence-corrected chi connectivity index (χ2v) is 9.49. The highest BCUT2D eigenvalue weighted by Gasteiger charge is 2.32. The van der Waals surface area contributed by atoms with Crippen LogP contribution in [-0.4, -0.2) is 37.3 Å². The summed E-state index contributed by atoms with van der Waals surface area (Å²) in [4.78, 5) is 30.4. The monoisotopic (exact) mass is 430 g/mol. The molecule has 0 fully saturated rings. The number of benzene rings is 1. The van der Waals surface area contributed by atoms with Crippen molar-refractivity contribution in [2.45, 2.75) is 51.1 Å². The van der Waals surface area contributed by atoms with E-state index in [1.54, 1.807) is 55.3 Å². The summed E-state index contributed by atoms with van der Waals surface area (Å²) in [6.45, 7) is 6.94. The van der Waals surface area contributed by atoms with E-state index >= 15 is 0 Å². The number of nitrogens with zero attached hydrogens (tertiary/aromatic N) is 2. The van der Waals surface area contributed by atoms with E-state index in [0.29, 0.717) is 12.2 Å². The number of fused-ring (bicyclic) bond motifs is 1. The van der Waals surface area contributed by atoms with E-state index in [2.05, 4.69) is 15.0 Å². The van der Waals surface area contributed by atoms with Gasteiger partial charge >= 0.3 is 0 Å². The van der Waals surface area contributed by atoms with Gasteiger partial charge in [0.15, 0.2) is 0 Å². The normalized spacial score (nSPS) is 17.0. The smallest absolute Gasteiger partial charge is 0.243 e. The first-order valence-electron chi connectivity index (χ1n) is 9.77. The lowest BCUT2D eigenvalue weighted by Gasteiger charge is -2.22. The van der Waals surface area contributed by atoms with Gasteiger partial charge in [-0.05, 0) is 55.2 Å². The predicted octanol–water partition coefficient (Wildman–Crippen LogP) is 2.32. The molecule has 1 aromatic carbocycles. The molecule has 2 heterocycles. The summed E-state index contributed by atoms with van der Waals surface area (Å²) in [5, 5.41) is 2.64. The number of aromatic nitrogens is 1. The molecule has 0 spiro atoms. The van der Waals surface area contributed by atoms with E-state index in [4.69, 9.17) is 0 Å². The highest BCUT2D eigenvalue weighted by Crippen LogP contribution is 2.34. The van der Waals surface area contributed by atoms with Crippen molar-refractivity contribution in [1.29, 1.82) is 0 Å². The lowest BCUT2D eigenvalue weighted by atomic mass is 10.1. The number of sulfonamides is 1. The van der Waals surface area contributed by atoms with Crippen LogP contribution < -0.4 is 14.9 Å². The third kappa shape index (κ3) is 4.52. The molecule has 1 aromatic heterocycles. The SMILES string of the molecule is CC(=O)N1c2ccc(S(=O)(=O)N[C@H](C(=O)Nc3ccccn3)C(C)C)cc2C[C@H]1C. The van der Waals surface area contributed by atoms with Crippen molar-refractivity contribution in [2.24, 2.45) is 5.92 Å². The van der Waals surface area contributed by atoms with Crippen molar-refractivity contribution in [1.82, 2.24) is 9.71 Å². The Morgan fingerprint density at radius 2 is 1.93 bits per heavy atom. The van der Waals surface area contributed by atoms with Gasteiger partial charge in [0.25, 0.3) is 0 Å². The molecule has 0 radical (unpaired) electrons. The summed E-state index contributed by atoms with van der Waals surface area (Å²) in [6, 6.07) is 8.76. The van der Waals surface area contributed by atoms with E-state index in [1.807, 2.05) is 6.92 Å². The molecule has 9 heteroatoms. The third-order valence-corrected chi connectivity index (χ3v) is 6.50. The van der Waals surface area contributed by atoms with Crippen molar-refractivity contribution < 1.29 is 18.0 Å². The first-order chi connectivity index (χ1) is 14.1. The maximum absolute atomic E-state index is 13.0. The van der Waals surface area contributed by atoms with Gasteiger partial charge in [0.1, 0.15) is 11.9 Å². The molecule has 2 aromatic rings. The largest absolute Gasteiger partial charge is 0.309 e. The number of amides is 2. The fourth-order valence-corrected chi connectivity index (χ4v) is 5.02. The molecule has 0 saturated heterocycles. The lowest BCUT2D eigenvalue weighted by molar-refractivity contribution is -0.119. The highest BCUT2D eigenvalue weighted by atomic mass is 32.2. The van der Waals surface area contributed by atoms with Crippen molar-refractivity contribution in [3.63, 3.8) is 0 Å². The first kappa shape index (κ1) is 21.9. The Kier molecular flexibility index (Phi) is 6.23. The fourth-order valence-electron chi connectivity index (χ4n) is 3.62. The van der Waals surface area contributed by atoms with Gasteiger partial charge in [-0.15, -0.1) is 0 Å². The molecule has 0 saturated carbocycles. The molecule has 0 aliphatic carbocycles. The Bertz CT molecular complexity index is 1050. The zero-order valence-corrected chi connectivity index (χ0v) is 18.2. The summed E-state index contributed by atoms with van der Waals surface area (Å²) in [5.41, 5.74) is 1.52. The molecule has 30 heavy (non-hydrogen) atoms. The van der Waals surface area contributed by atoms with Crippen LogP contribution in [0.15, 0.2) is 47.5 Å². The van der Waals surface area contributed by atoms with Gasteiger partial charge in [-0.3, -0.25) is 9.59 Å². The quantitative estimate of drug-likeness (QED) is 0.731. The summed E-state index contributed by atoms with van der Waals surface area (Å²) in [6.07, 6.45) is 2.12. The van der Waals surface area contributed by atoms with Gasteiger partial charge < -0.3 is 10.2 Å². The van der Waals surface area contributed by atoms with Crippen molar-refractivity contribution in [3.8, 4) is 0 Å². The molecule has 8 nitrogen and oxygen atoms in total. The Hall–Kier alpha value is -2.78. The molecular formula is C21H26N4O4S. The molecule has 2 amide bonds. The van der Waals surface area contributed by atoms with Gasteiger partial charge in [0, 0.05) is 24.8 Å². The summed E-state index contributed by atoms with van der Waals surface area (Å²) >= 11 is 0. The molecule has 2 N–H and O–H groups in total. The number of hydrogen-bond acceptors (Lipinski definition) is 5. The zero-order valence-electron chi connectivity index (χ0n) is 17.4. The number of carbonyl (C=O) groups is 2. The van der Waals surface area contributed by atoms with Crippen LogP contribution >= 0.6 is 0 Å². The summed E-state index contributed by atoms with van der Waals surface area (Å²) < 4.78 is 28.5. The highest BCUT2D eigenvalue weighted by molar-refractivity contribution is 7.89. The maximum atomic E-state index is 13.0. The van der Waals surface area contributed by atoms with E-state index in [9.17, 15) is 18.0 Å². The molecular weight excluding hydrogens is 404 g/mol. The van der Waals surface area contributed by atoms with Crippen LogP contribution in [0.5, 0.6) is 0 Å². The molecule has 160 valence electrons. The number of anilines is 2.